The molecule has 7 heteroatoms. The molecule has 0 radical (unpaired) electrons. The van der Waals surface area contributed by atoms with Crippen LogP contribution in [0.15, 0.2) is 23.6 Å². The molecule has 0 saturated heterocycles. The monoisotopic (exact) mass is 320 g/mol. The SMILES string of the molecule is Cc1nc(-c2ccc3c(c2)N(C[C@H](O)CO)C(=O)CO3)cs1. The van der Waals surface area contributed by atoms with Gasteiger partial charge in [-0.25, -0.2) is 4.98 Å². The Bertz CT molecular complexity index is 701. The molecule has 1 aliphatic heterocycles. The first-order chi connectivity index (χ1) is 10.6. The molecule has 0 spiro atoms. The van der Waals surface area contributed by atoms with E-state index in [0.29, 0.717) is 11.4 Å². The van der Waals surface area contributed by atoms with Crippen molar-refractivity contribution in [3.63, 3.8) is 0 Å². The summed E-state index contributed by atoms with van der Waals surface area (Å²) in [6.07, 6.45) is -0.986. The topological polar surface area (TPSA) is 82.9 Å². The summed E-state index contributed by atoms with van der Waals surface area (Å²) in [5.41, 5.74) is 2.31. The number of fused-ring (bicyclic) bond motifs is 1. The number of anilines is 1. The summed E-state index contributed by atoms with van der Waals surface area (Å²) in [5.74, 6) is 0.340. The van der Waals surface area contributed by atoms with Crippen LogP contribution in [0.4, 0.5) is 5.69 Å². The van der Waals surface area contributed by atoms with Crippen molar-refractivity contribution < 1.29 is 19.7 Å². The molecule has 2 heterocycles. The van der Waals surface area contributed by atoms with Crippen molar-refractivity contribution in [3.8, 4) is 17.0 Å². The Morgan fingerprint density at radius 1 is 1.50 bits per heavy atom. The summed E-state index contributed by atoms with van der Waals surface area (Å²) in [6.45, 7) is 1.50. The molecular weight excluding hydrogens is 304 g/mol. The van der Waals surface area contributed by atoms with Gasteiger partial charge in [0.2, 0.25) is 0 Å². The standard InChI is InChI=1S/C15H16N2O4S/c1-9-16-12(8-22-9)10-2-3-14-13(4-10)17(5-11(19)6-18)15(20)7-21-14/h2-4,8,11,18-19H,5-7H2,1H3/t11-/m0/s1. The third kappa shape index (κ3) is 2.83. The normalized spacial score (nSPS) is 15.4. The number of β-amino-alcohol motifs (C(OH)–C–C–N with tert-alkyl or cyclic N) is 1. The van der Waals surface area contributed by atoms with Crippen LogP contribution in [0.1, 0.15) is 5.01 Å². The van der Waals surface area contributed by atoms with Gasteiger partial charge >= 0.3 is 0 Å². The van der Waals surface area contributed by atoms with Crippen molar-refractivity contribution in [3.05, 3.63) is 28.6 Å². The number of carbonyl (C=O) groups excluding carboxylic acids is 1. The quantitative estimate of drug-likeness (QED) is 0.884. The van der Waals surface area contributed by atoms with Crippen molar-refractivity contribution in [2.45, 2.75) is 13.0 Å². The maximum absolute atomic E-state index is 12.1. The Kier molecular flexibility index (Phi) is 4.10. The maximum Gasteiger partial charge on any atom is 0.265 e. The van der Waals surface area contributed by atoms with Gasteiger partial charge in [0.25, 0.3) is 5.91 Å². The van der Waals surface area contributed by atoms with E-state index in [4.69, 9.17) is 9.84 Å². The minimum Gasteiger partial charge on any atom is -0.482 e. The van der Waals surface area contributed by atoms with E-state index in [0.717, 1.165) is 16.3 Å². The second-order valence-electron chi connectivity index (χ2n) is 5.06. The predicted octanol–water partition coefficient (Wildman–Crippen LogP) is 1.20. The van der Waals surface area contributed by atoms with Gasteiger partial charge in [0.05, 0.1) is 35.6 Å². The molecule has 3 rings (SSSR count). The Balaban J connectivity index is 1.99. The van der Waals surface area contributed by atoms with E-state index in [9.17, 15) is 9.90 Å². The van der Waals surface area contributed by atoms with Crippen LogP contribution < -0.4 is 9.64 Å². The van der Waals surface area contributed by atoms with Crippen LogP contribution in [0.3, 0.4) is 0 Å². The Morgan fingerprint density at radius 3 is 3.00 bits per heavy atom. The minimum atomic E-state index is -0.986. The van der Waals surface area contributed by atoms with Gasteiger partial charge in [-0.3, -0.25) is 4.79 Å². The van der Waals surface area contributed by atoms with E-state index >= 15 is 0 Å². The molecule has 2 aromatic rings. The number of hydrogen-bond acceptors (Lipinski definition) is 6. The zero-order valence-electron chi connectivity index (χ0n) is 12.0. The molecule has 1 aromatic heterocycles. The summed E-state index contributed by atoms with van der Waals surface area (Å²) in [7, 11) is 0. The molecular formula is C15H16N2O4S. The van der Waals surface area contributed by atoms with Gasteiger partial charge in [-0.1, -0.05) is 0 Å². The minimum absolute atomic E-state index is 0.0330. The lowest BCUT2D eigenvalue weighted by atomic mass is 10.1. The number of aliphatic hydroxyl groups excluding tert-OH is 2. The fraction of sp³-hybridized carbons (Fsp3) is 0.333. The molecule has 0 aliphatic carbocycles. The summed E-state index contributed by atoms with van der Waals surface area (Å²) in [6, 6.07) is 5.51. The van der Waals surface area contributed by atoms with E-state index < -0.39 is 12.7 Å². The molecule has 0 saturated carbocycles. The number of aromatic nitrogens is 1. The molecule has 116 valence electrons. The van der Waals surface area contributed by atoms with Crippen LogP contribution in [0.5, 0.6) is 5.75 Å². The van der Waals surface area contributed by atoms with Crippen LogP contribution >= 0.6 is 11.3 Å². The van der Waals surface area contributed by atoms with Crippen molar-refractivity contribution in [1.82, 2.24) is 4.98 Å². The zero-order chi connectivity index (χ0) is 15.7. The van der Waals surface area contributed by atoms with E-state index in [-0.39, 0.29) is 19.1 Å². The number of ether oxygens (including phenoxy) is 1. The number of rotatable bonds is 4. The number of benzene rings is 1. The highest BCUT2D eigenvalue weighted by atomic mass is 32.1. The van der Waals surface area contributed by atoms with Gasteiger partial charge in [0, 0.05) is 10.9 Å². The van der Waals surface area contributed by atoms with Gasteiger partial charge in [-0.2, -0.15) is 0 Å². The average molecular weight is 320 g/mol. The third-order valence-electron chi connectivity index (χ3n) is 3.42. The highest BCUT2D eigenvalue weighted by molar-refractivity contribution is 7.09. The number of aliphatic hydroxyl groups is 2. The Morgan fingerprint density at radius 2 is 2.32 bits per heavy atom. The van der Waals surface area contributed by atoms with E-state index in [1.165, 1.54) is 4.90 Å². The smallest absolute Gasteiger partial charge is 0.265 e. The number of thiazole rings is 1. The molecule has 2 N–H and O–H groups in total. The average Bonchev–Trinajstić information content (AvgIpc) is 2.96. The largest absolute Gasteiger partial charge is 0.482 e. The summed E-state index contributed by atoms with van der Waals surface area (Å²) >= 11 is 1.56. The maximum atomic E-state index is 12.1. The lowest BCUT2D eigenvalue weighted by Crippen LogP contribution is -2.44. The zero-order valence-corrected chi connectivity index (χ0v) is 12.8. The first-order valence-corrected chi connectivity index (χ1v) is 7.75. The fourth-order valence-corrected chi connectivity index (χ4v) is 2.95. The number of hydrogen-bond donors (Lipinski definition) is 2. The third-order valence-corrected chi connectivity index (χ3v) is 4.19. The molecule has 1 aromatic carbocycles. The van der Waals surface area contributed by atoms with Crippen molar-refractivity contribution in [1.29, 1.82) is 0 Å². The van der Waals surface area contributed by atoms with Crippen LogP contribution in [-0.4, -0.2) is 47.0 Å². The molecule has 0 fully saturated rings. The van der Waals surface area contributed by atoms with Crippen LogP contribution in [0.2, 0.25) is 0 Å². The first kappa shape index (κ1) is 15.0. The van der Waals surface area contributed by atoms with E-state index in [1.54, 1.807) is 17.4 Å². The van der Waals surface area contributed by atoms with Crippen molar-refractivity contribution in [2.24, 2.45) is 0 Å². The Labute approximate surface area is 131 Å². The molecule has 1 amide bonds. The molecule has 6 nitrogen and oxygen atoms in total. The highest BCUT2D eigenvalue weighted by Crippen LogP contribution is 2.36. The molecule has 1 atom stereocenters. The Hall–Kier alpha value is -1.96. The van der Waals surface area contributed by atoms with Crippen molar-refractivity contribution in [2.75, 3.05) is 24.7 Å². The van der Waals surface area contributed by atoms with Crippen LogP contribution in [0.25, 0.3) is 11.3 Å². The first-order valence-electron chi connectivity index (χ1n) is 6.87. The predicted molar refractivity (Wildman–Crippen MR) is 83.2 cm³/mol. The second kappa shape index (κ2) is 6.04. The van der Waals surface area contributed by atoms with E-state index in [1.807, 2.05) is 24.4 Å². The summed E-state index contributed by atoms with van der Waals surface area (Å²) in [5, 5.41) is 21.6. The van der Waals surface area contributed by atoms with E-state index in [2.05, 4.69) is 4.98 Å². The van der Waals surface area contributed by atoms with Gasteiger partial charge < -0.3 is 19.8 Å². The van der Waals surface area contributed by atoms with Gasteiger partial charge in [0.1, 0.15) is 5.75 Å². The van der Waals surface area contributed by atoms with Crippen molar-refractivity contribution >= 4 is 22.9 Å². The molecule has 22 heavy (non-hydrogen) atoms. The van der Waals surface area contributed by atoms with Gasteiger partial charge in [-0.05, 0) is 25.1 Å². The lowest BCUT2D eigenvalue weighted by molar-refractivity contribution is -0.121. The number of aryl methyl sites for hydroxylation is 1. The summed E-state index contributed by atoms with van der Waals surface area (Å²) in [4.78, 5) is 17.9. The molecule has 0 bridgehead atoms. The lowest BCUT2D eigenvalue weighted by Gasteiger charge is -2.30. The van der Waals surface area contributed by atoms with Crippen LogP contribution in [-0.2, 0) is 4.79 Å². The molecule has 1 aliphatic rings. The number of amides is 1. The fourth-order valence-electron chi connectivity index (χ4n) is 2.33. The number of carbonyl (C=O) groups is 1. The summed E-state index contributed by atoms with van der Waals surface area (Å²) < 4.78 is 5.42. The number of nitrogens with zero attached hydrogens (tertiary/aromatic N) is 2. The second-order valence-corrected chi connectivity index (χ2v) is 6.13. The van der Waals surface area contributed by atoms with Gasteiger partial charge in [0.15, 0.2) is 6.61 Å². The van der Waals surface area contributed by atoms with Crippen LogP contribution in [0, 0.1) is 6.92 Å². The molecule has 0 unspecified atom stereocenters. The highest BCUT2D eigenvalue weighted by Gasteiger charge is 2.27. The van der Waals surface area contributed by atoms with Gasteiger partial charge in [-0.15, -0.1) is 11.3 Å².